The minimum atomic E-state index is -0.221. The van der Waals surface area contributed by atoms with Gasteiger partial charge in [0.2, 0.25) is 5.88 Å². The van der Waals surface area contributed by atoms with Crippen LogP contribution in [0.3, 0.4) is 0 Å². The SMILES string of the molecule is CCOc1ccc([C@H]2C3=C(C[C@H](c4ccc(O)cc4)CC3=O)Nc3onc(C)c32)cc1. The van der Waals surface area contributed by atoms with Crippen LogP contribution in [0.1, 0.15) is 54.0 Å². The van der Waals surface area contributed by atoms with E-state index in [1.165, 1.54) is 0 Å². The molecule has 0 bridgehead atoms. The number of ether oxygens (including phenoxy) is 1. The number of aromatic hydroxyl groups is 1. The molecule has 31 heavy (non-hydrogen) atoms. The van der Waals surface area contributed by atoms with Crippen molar-refractivity contribution in [3.8, 4) is 11.5 Å². The second-order valence-corrected chi connectivity index (χ2v) is 8.08. The highest BCUT2D eigenvalue weighted by molar-refractivity contribution is 6.01. The summed E-state index contributed by atoms with van der Waals surface area (Å²) in [6.45, 7) is 4.47. The molecule has 2 N–H and O–H groups in total. The number of fused-ring (bicyclic) bond motifs is 1. The molecule has 158 valence electrons. The van der Waals surface area contributed by atoms with E-state index in [1.807, 2.05) is 50.2 Å². The van der Waals surface area contributed by atoms with E-state index in [0.29, 0.717) is 25.3 Å². The summed E-state index contributed by atoms with van der Waals surface area (Å²) >= 11 is 0. The summed E-state index contributed by atoms with van der Waals surface area (Å²) in [6, 6.07) is 15.0. The van der Waals surface area contributed by atoms with E-state index in [1.54, 1.807) is 12.1 Å². The van der Waals surface area contributed by atoms with E-state index in [9.17, 15) is 9.90 Å². The summed E-state index contributed by atoms with van der Waals surface area (Å²) in [6.07, 6.45) is 1.12. The number of phenols is 1. The first-order valence-corrected chi connectivity index (χ1v) is 10.6. The van der Waals surface area contributed by atoms with Gasteiger partial charge in [-0.25, -0.2) is 0 Å². The molecule has 3 aromatic rings. The first-order chi connectivity index (χ1) is 15.0. The van der Waals surface area contributed by atoms with Gasteiger partial charge in [-0.2, -0.15) is 0 Å². The Kier molecular flexibility index (Phi) is 4.77. The molecule has 1 aromatic heterocycles. The molecule has 6 nitrogen and oxygen atoms in total. The predicted octanol–water partition coefficient (Wildman–Crippen LogP) is 5.05. The number of rotatable bonds is 4. The van der Waals surface area contributed by atoms with Crippen LogP contribution in [0.5, 0.6) is 11.5 Å². The van der Waals surface area contributed by atoms with E-state index in [-0.39, 0.29) is 23.4 Å². The van der Waals surface area contributed by atoms with Gasteiger partial charge in [0.25, 0.3) is 0 Å². The maximum absolute atomic E-state index is 13.5. The van der Waals surface area contributed by atoms with Gasteiger partial charge < -0.3 is 19.7 Å². The van der Waals surface area contributed by atoms with E-state index < -0.39 is 0 Å². The molecule has 1 aliphatic heterocycles. The topological polar surface area (TPSA) is 84.6 Å². The first kappa shape index (κ1) is 19.4. The highest BCUT2D eigenvalue weighted by Gasteiger charge is 2.41. The van der Waals surface area contributed by atoms with E-state index in [0.717, 1.165) is 39.4 Å². The molecule has 0 spiro atoms. The zero-order chi connectivity index (χ0) is 21.5. The predicted molar refractivity (Wildman–Crippen MR) is 116 cm³/mol. The number of aromatic nitrogens is 1. The number of nitrogens with zero attached hydrogens (tertiary/aromatic N) is 1. The van der Waals surface area contributed by atoms with Gasteiger partial charge in [-0.1, -0.05) is 29.4 Å². The Morgan fingerprint density at radius 1 is 1.10 bits per heavy atom. The Labute approximate surface area is 180 Å². The maximum Gasteiger partial charge on any atom is 0.233 e. The summed E-state index contributed by atoms with van der Waals surface area (Å²) in [5, 5.41) is 17.1. The molecule has 2 heterocycles. The van der Waals surface area contributed by atoms with Gasteiger partial charge >= 0.3 is 0 Å². The van der Waals surface area contributed by atoms with E-state index >= 15 is 0 Å². The van der Waals surface area contributed by atoms with E-state index in [4.69, 9.17) is 9.26 Å². The lowest BCUT2D eigenvalue weighted by Crippen LogP contribution is -2.29. The molecule has 5 rings (SSSR count). The highest BCUT2D eigenvalue weighted by Crippen LogP contribution is 2.49. The Balaban J connectivity index is 1.57. The number of hydrogen-bond acceptors (Lipinski definition) is 6. The lowest BCUT2D eigenvalue weighted by atomic mass is 9.72. The fourth-order valence-electron chi connectivity index (χ4n) is 4.71. The van der Waals surface area contributed by atoms with Crippen LogP contribution in [0.15, 0.2) is 64.3 Å². The zero-order valence-electron chi connectivity index (χ0n) is 17.5. The molecular formula is C25H24N2O4. The maximum atomic E-state index is 13.5. The van der Waals surface area contributed by atoms with Crippen LogP contribution in [-0.2, 0) is 4.79 Å². The second-order valence-electron chi connectivity index (χ2n) is 8.08. The summed E-state index contributed by atoms with van der Waals surface area (Å²) in [7, 11) is 0. The van der Waals surface area contributed by atoms with Crippen LogP contribution in [0, 0.1) is 6.92 Å². The van der Waals surface area contributed by atoms with Crippen LogP contribution in [0.25, 0.3) is 0 Å². The summed E-state index contributed by atoms with van der Waals surface area (Å²) < 4.78 is 11.2. The fourth-order valence-corrected chi connectivity index (χ4v) is 4.71. The largest absolute Gasteiger partial charge is 0.508 e. The Bertz CT molecular complexity index is 1160. The van der Waals surface area contributed by atoms with Crippen LogP contribution in [-0.4, -0.2) is 22.7 Å². The fraction of sp³-hybridized carbons (Fsp3) is 0.280. The third kappa shape index (κ3) is 3.38. The van der Waals surface area contributed by atoms with Crippen molar-refractivity contribution >= 4 is 11.7 Å². The van der Waals surface area contributed by atoms with Gasteiger partial charge in [0.05, 0.1) is 17.9 Å². The minimum Gasteiger partial charge on any atom is -0.508 e. The number of hydrogen-bond donors (Lipinski definition) is 2. The Morgan fingerprint density at radius 3 is 2.52 bits per heavy atom. The number of carbonyl (C=O) groups excluding carboxylic acids is 1. The average Bonchev–Trinajstić information content (AvgIpc) is 3.14. The molecule has 2 aliphatic rings. The standard InChI is InChI=1S/C25H24N2O4/c1-3-30-19-10-6-16(7-11-19)23-22-14(2)27-31-25(22)26-20-12-17(13-21(29)24(20)23)15-4-8-18(28)9-5-15/h4-11,17,23,26,28H,3,12-13H2,1-2H3/t17-,23+/m0/s1. The molecule has 2 aromatic carbocycles. The van der Waals surface area contributed by atoms with Crippen LogP contribution >= 0.6 is 0 Å². The lowest BCUT2D eigenvalue weighted by Gasteiger charge is -2.34. The molecule has 2 atom stereocenters. The smallest absolute Gasteiger partial charge is 0.233 e. The van der Waals surface area contributed by atoms with Crippen molar-refractivity contribution in [3.63, 3.8) is 0 Å². The molecule has 0 amide bonds. The van der Waals surface area contributed by atoms with Crippen molar-refractivity contribution in [3.05, 3.63) is 82.2 Å². The van der Waals surface area contributed by atoms with Crippen LogP contribution in [0.4, 0.5) is 5.88 Å². The Morgan fingerprint density at radius 2 is 1.81 bits per heavy atom. The number of benzene rings is 2. The molecular weight excluding hydrogens is 392 g/mol. The minimum absolute atomic E-state index is 0.0471. The molecule has 0 radical (unpaired) electrons. The van der Waals surface area contributed by atoms with Crippen molar-refractivity contribution in [2.45, 2.75) is 38.5 Å². The van der Waals surface area contributed by atoms with Gasteiger partial charge in [-0.15, -0.1) is 0 Å². The summed E-state index contributed by atoms with van der Waals surface area (Å²) in [5.41, 5.74) is 5.42. The van der Waals surface area contributed by atoms with Gasteiger partial charge in [0.1, 0.15) is 11.5 Å². The number of allylic oxidation sites excluding steroid dienone is 2. The van der Waals surface area contributed by atoms with E-state index in [2.05, 4.69) is 10.5 Å². The number of anilines is 1. The summed E-state index contributed by atoms with van der Waals surface area (Å²) in [5.74, 6) is 1.58. The first-order valence-electron chi connectivity index (χ1n) is 10.6. The third-order valence-corrected chi connectivity index (χ3v) is 6.15. The molecule has 6 heteroatoms. The molecule has 0 unspecified atom stereocenters. The number of ketones is 1. The molecule has 1 aliphatic carbocycles. The number of phenolic OH excluding ortho intramolecular Hbond substituents is 1. The van der Waals surface area contributed by atoms with Crippen molar-refractivity contribution < 1.29 is 19.2 Å². The van der Waals surface area contributed by atoms with Crippen LogP contribution < -0.4 is 10.1 Å². The van der Waals surface area contributed by atoms with Crippen LogP contribution in [0.2, 0.25) is 0 Å². The van der Waals surface area contributed by atoms with Crippen molar-refractivity contribution in [2.75, 3.05) is 11.9 Å². The number of aryl methyl sites for hydroxylation is 1. The monoisotopic (exact) mass is 416 g/mol. The lowest BCUT2D eigenvalue weighted by molar-refractivity contribution is -0.116. The second kappa shape index (κ2) is 7.61. The van der Waals surface area contributed by atoms with Gasteiger partial charge in [-0.3, -0.25) is 4.79 Å². The number of nitrogens with one attached hydrogen (secondary N) is 1. The molecule has 0 saturated heterocycles. The average molecular weight is 416 g/mol. The third-order valence-electron chi connectivity index (χ3n) is 6.15. The van der Waals surface area contributed by atoms with Gasteiger partial charge in [0.15, 0.2) is 5.78 Å². The van der Waals surface area contributed by atoms with Crippen molar-refractivity contribution in [2.24, 2.45) is 0 Å². The zero-order valence-corrected chi connectivity index (χ0v) is 17.5. The van der Waals surface area contributed by atoms with Crippen molar-refractivity contribution in [1.29, 1.82) is 0 Å². The normalized spacial score (nSPS) is 20.1. The number of carbonyl (C=O) groups is 1. The summed E-state index contributed by atoms with van der Waals surface area (Å²) in [4.78, 5) is 13.5. The van der Waals surface area contributed by atoms with Gasteiger partial charge in [-0.05, 0) is 61.6 Å². The molecule has 0 fully saturated rings. The Hall–Kier alpha value is -3.54. The number of Topliss-reactive ketones (excluding diaryl/α,β-unsaturated/α-hetero) is 1. The molecule has 0 saturated carbocycles. The van der Waals surface area contributed by atoms with Gasteiger partial charge in [0, 0.05) is 23.6 Å². The quantitative estimate of drug-likeness (QED) is 0.619. The van der Waals surface area contributed by atoms with Crippen molar-refractivity contribution in [1.82, 2.24) is 5.16 Å². The highest BCUT2D eigenvalue weighted by atomic mass is 16.5.